The first-order valence-electron chi connectivity index (χ1n) is 8.34. The van der Waals surface area contributed by atoms with Gasteiger partial charge >= 0.3 is 12.0 Å². The Morgan fingerprint density at radius 3 is 2.54 bits per heavy atom. The van der Waals surface area contributed by atoms with Crippen LogP contribution in [-0.4, -0.2) is 22.8 Å². The van der Waals surface area contributed by atoms with Gasteiger partial charge in [0.25, 0.3) is 0 Å². The molecule has 1 aromatic heterocycles. The topological polar surface area (TPSA) is 80.0 Å². The Balaban J connectivity index is 1.40. The van der Waals surface area contributed by atoms with Crippen LogP contribution in [0, 0.1) is 5.82 Å². The highest BCUT2D eigenvalue weighted by molar-refractivity contribution is 5.86. The third-order valence-corrected chi connectivity index (χ3v) is 3.73. The molecule has 0 atom stereocenters. The van der Waals surface area contributed by atoms with E-state index in [0.717, 1.165) is 18.4 Å². The van der Waals surface area contributed by atoms with Crippen LogP contribution in [0.25, 0.3) is 0 Å². The van der Waals surface area contributed by atoms with Crippen LogP contribution in [0.3, 0.4) is 0 Å². The Kier molecular flexibility index (Phi) is 5.92. The number of aromatic nitrogens is 2. The maximum Gasteiger partial charge on any atom is 0.323 e. The van der Waals surface area contributed by atoms with Gasteiger partial charge in [-0.2, -0.15) is 0 Å². The molecular weight excluding hydrogens is 335 g/mol. The Labute approximate surface area is 150 Å². The molecule has 0 saturated heterocycles. The van der Waals surface area contributed by atoms with Crippen LogP contribution in [0.15, 0.2) is 59.0 Å². The Morgan fingerprint density at radius 1 is 1.00 bits per heavy atom. The van der Waals surface area contributed by atoms with Gasteiger partial charge in [-0.05, 0) is 36.1 Å². The second-order valence-corrected chi connectivity index (χ2v) is 5.77. The van der Waals surface area contributed by atoms with Gasteiger partial charge in [0.05, 0.1) is 6.42 Å². The van der Waals surface area contributed by atoms with Crippen molar-refractivity contribution >= 4 is 12.0 Å². The fourth-order valence-electron chi connectivity index (χ4n) is 2.43. The summed E-state index contributed by atoms with van der Waals surface area (Å²) in [5.41, 5.74) is 2.07. The summed E-state index contributed by atoms with van der Waals surface area (Å²) >= 11 is 0. The minimum atomic E-state index is -0.393. The number of carbonyl (C=O) groups is 1. The molecule has 0 fully saturated rings. The van der Waals surface area contributed by atoms with E-state index >= 15 is 0 Å². The molecule has 0 bridgehead atoms. The zero-order valence-electron chi connectivity index (χ0n) is 14.1. The lowest BCUT2D eigenvalue weighted by atomic mass is 10.1. The highest BCUT2D eigenvalue weighted by atomic mass is 19.1. The van der Waals surface area contributed by atoms with Crippen LogP contribution >= 0.6 is 0 Å². The second-order valence-electron chi connectivity index (χ2n) is 5.77. The van der Waals surface area contributed by atoms with E-state index < -0.39 is 6.03 Å². The number of nitrogens with zero attached hydrogens (tertiary/aromatic N) is 2. The summed E-state index contributed by atoms with van der Waals surface area (Å²) in [6.07, 6.45) is 2.09. The Morgan fingerprint density at radius 2 is 1.77 bits per heavy atom. The summed E-state index contributed by atoms with van der Waals surface area (Å²) < 4.78 is 18.3. The van der Waals surface area contributed by atoms with Crippen molar-refractivity contribution < 1.29 is 13.6 Å². The van der Waals surface area contributed by atoms with Crippen molar-refractivity contribution in [1.29, 1.82) is 0 Å². The Hall–Kier alpha value is -3.22. The summed E-state index contributed by atoms with van der Waals surface area (Å²) in [5.74, 6) is 0.0431. The number of nitrogens with one attached hydrogen (secondary N) is 2. The van der Waals surface area contributed by atoms with Gasteiger partial charge in [-0.25, -0.2) is 9.18 Å². The lowest BCUT2D eigenvalue weighted by Crippen LogP contribution is -2.29. The number of hydrogen-bond acceptors (Lipinski definition) is 4. The van der Waals surface area contributed by atoms with E-state index in [1.807, 2.05) is 18.2 Å². The van der Waals surface area contributed by atoms with Crippen LogP contribution in [0.2, 0.25) is 0 Å². The normalized spacial score (nSPS) is 10.5. The number of hydrogen-bond donors (Lipinski definition) is 2. The summed E-state index contributed by atoms with van der Waals surface area (Å²) in [4.78, 5) is 11.8. The quantitative estimate of drug-likeness (QED) is 0.636. The van der Waals surface area contributed by atoms with E-state index in [0.29, 0.717) is 18.9 Å². The molecule has 134 valence electrons. The number of aryl methyl sites for hydroxylation is 1. The molecule has 0 aliphatic rings. The maximum absolute atomic E-state index is 12.9. The lowest BCUT2D eigenvalue weighted by Gasteiger charge is -2.04. The molecule has 6 nitrogen and oxygen atoms in total. The van der Waals surface area contributed by atoms with Crippen LogP contribution in [0.1, 0.15) is 23.4 Å². The molecule has 26 heavy (non-hydrogen) atoms. The van der Waals surface area contributed by atoms with Gasteiger partial charge in [-0.15, -0.1) is 5.10 Å². The van der Waals surface area contributed by atoms with Gasteiger partial charge in [0.2, 0.25) is 5.89 Å². The number of amides is 2. The zero-order chi connectivity index (χ0) is 18.2. The molecule has 2 amide bonds. The summed E-state index contributed by atoms with van der Waals surface area (Å²) in [5, 5.41) is 12.9. The van der Waals surface area contributed by atoms with Crippen molar-refractivity contribution in [3.8, 4) is 0 Å². The van der Waals surface area contributed by atoms with E-state index in [4.69, 9.17) is 4.42 Å². The fourth-order valence-corrected chi connectivity index (χ4v) is 2.43. The summed E-state index contributed by atoms with van der Waals surface area (Å²) in [7, 11) is 0. The molecule has 0 spiro atoms. The van der Waals surface area contributed by atoms with E-state index in [2.05, 4.69) is 33.0 Å². The largest absolute Gasteiger partial charge is 0.407 e. The third kappa shape index (κ3) is 5.41. The first kappa shape index (κ1) is 17.6. The molecule has 3 rings (SSSR count). The van der Waals surface area contributed by atoms with Crippen molar-refractivity contribution in [2.24, 2.45) is 0 Å². The maximum atomic E-state index is 12.9. The smallest absolute Gasteiger partial charge is 0.323 e. The molecule has 1 heterocycles. The zero-order valence-corrected chi connectivity index (χ0v) is 14.1. The molecule has 2 aromatic carbocycles. The van der Waals surface area contributed by atoms with Crippen LogP contribution in [0.4, 0.5) is 15.2 Å². The predicted molar refractivity (Wildman–Crippen MR) is 95.3 cm³/mol. The number of urea groups is 1. The average molecular weight is 354 g/mol. The average Bonchev–Trinajstić information content (AvgIpc) is 3.08. The van der Waals surface area contributed by atoms with Crippen molar-refractivity contribution in [2.75, 3.05) is 11.9 Å². The Bertz CT molecular complexity index is 834. The lowest BCUT2D eigenvalue weighted by molar-refractivity contribution is 0.251. The molecule has 0 aliphatic carbocycles. The number of anilines is 1. The molecule has 0 radical (unpaired) electrons. The fraction of sp³-hybridized carbons (Fsp3) is 0.211. The summed E-state index contributed by atoms with van der Waals surface area (Å²) in [6, 6.07) is 15.7. The van der Waals surface area contributed by atoms with E-state index in [1.54, 1.807) is 12.1 Å². The van der Waals surface area contributed by atoms with E-state index in [9.17, 15) is 9.18 Å². The minimum Gasteiger partial charge on any atom is -0.407 e. The second kappa shape index (κ2) is 8.75. The van der Waals surface area contributed by atoms with Crippen molar-refractivity contribution in [2.45, 2.75) is 19.3 Å². The third-order valence-electron chi connectivity index (χ3n) is 3.73. The van der Waals surface area contributed by atoms with E-state index in [1.165, 1.54) is 17.7 Å². The van der Waals surface area contributed by atoms with E-state index in [-0.39, 0.29) is 11.8 Å². The van der Waals surface area contributed by atoms with Gasteiger partial charge in [-0.1, -0.05) is 47.6 Å². The predicted octanol–water partition coefficient (Wildman–Crippen LogP) is 3.55. The number of halogens is 1. The van der Waals surface area contributed by atoms with Crippen molar-refractivity contribution in [3.63, 3.8) is 0 Å². The molecular formula is C19H19FN4O2. The van der Waals surface area contributed by atoms with Gasteiger partial charge < -0.3 is 9.73 Å². The SMILES string of the molecule is O=C(NCCCc1ccccc1)Nc1nnc(Cc2ccc(F)cc2)o1. The first-order chi connectivity index (χ1) is 12.7. The summed E-state index contributed by atoms with van der Waals surface area (Å²) in [6.45, 7) is 0.539. The number of benzene rings is 2. The highest BCUT2D eigenvalue weighted by Gasteiger charge is 2.10. The van der Waals surface area contributed by atoms with Crippen LogP contribution in [-0.2, 0) is 12.8 Å². The molecule has 3 aromatic rings. The monoisotopic (exact) mass is 354 g/mol. The molecule has 0 unspecified atom stereocenters. The first-order valence-corrected chi connectivity index (χ1v) is 8.34. The van der Waals surface area contributed by atoms with Crippen LogP contribution in [0.5, 0.6) is 0 Å². The van der Waals surface area contributed by atoms with Gasteiger partial charge in [-0.3, -0.25) is 5.32 Å². The molecule has 0 aliphatic heterocycles. The van der Waals surface area contributed by atoms with Gasteiger partial charge in [0.15, 0.2) is 0 Å². The number of carbonyl (C=O) groups excluding carboxylic acids is 1. The van der Waals surface area contributed by atoms with Crippen molar-refractivity contribution in [3.05, 3.63) is 77.4 Å². The highest BCUT2D eigenvalue weighted by Crippen LogP contribution is 2.12. The van der Waals surface area contributed by atoms with Gasteiger partial charge in [0.1, 0.15) is 5.82 Å². The van der Waals surface area contributed by atoms with Crippen LogP contribution < -0.4 is 10.6 Å². The molecule has 7 heteroatoms. The van der Waals surface area contributed by atoms with Gasteiger partial charge in [0, 0.05) is 6.54 Å². The molecule has 2 N–H and O–H groups in total. The number of rotatable bonds is 7. The standard InChI is InChI=1S/C19H19FN4O2/c20-16-10-8-15(9-11-16)13-17-23-24-19(26-17)22-18(25)21-12-4-7-14-5-2-1-3-6-14/h1-3,5-6,8-11H,4,7,12-13H2,(H2,21,22,24,25). The minimum absolute atomic E-state index is 0.0303. The van der Waals surface area contributed by atoms with Crippen molar-refractivity contribution in [1.82, 2.24) is 15.5 Å². The molecule has 0 saturated carbocycles.